The van der Waals surface area contributed by atoms with Crippen LogP contribution in [0.5, 0.6) is 0 Å². The molecule has 0 aliphatic carbocycles. The number of nitrogens with one attached hydrogen (secondary N) is 1. The quantitative estimate of drug-likeness (QED) is 0.639. The molecule has 6 nitrogen and oxygen atoms in total. The number of nitrogens with zero attached hydrogens (tertiary/aromatic N) is 1. The van der Waals surface area contributed by atoms with E-state index in [-0.39, 0.29) is 17.9 Å². The van der Waals surface area contributed by atoms with E-state index in [2.05, 4.69) is 11.9 Å². The Kier molecular flexibility index (Phi) is 8.69. The predicted octanol–water partition coefficient (Wildman–Crippen LogP) is 2.11. The Hall–Kier alpha value is -1.56. The van der Waals surface area contributed by atoms with Crippen molar-refractivity contribution in [3.8, 4) is 0 Å². The molecule has 0 aromatic heterocycles. The lowest BCUT2D eigenvalue weighted by Gasteiger charge is -2.29. The molecule has 122 valence electrons. The van der Waals surface area contributed by atoms with Crippen LogP contribution in [0.4, 0.5) is 4.79 Å². The number of urea groups is 1. The summed E-state index contributed by atoms with van der Waals surface area (Å²) < 4.78 is 4.97. The van der Waals surface area contributed by atoms with Gasteiger partial charge in [-0.3, -0.25) is 4.79 Å². The summed E-state index contributed by atoms with van der Waals surface area (Å²) in [5, 5.41) is 11.8. The molecule has 0 aliphatic heterocycles. The number of carbonyl (C=O) groups excluding carboxylic acids is 1. The van der Waals surface area contributed by atoms with Crippen LogP contribution < -0.4 is 5.32 Å². The molecule has 0 saturated heterocycles. The summed E-state index contributed by atoms with van der Waals surface area (Å²) in [7, 11) is 1.57. The smallest absolute Gasteiger partial charge is 0.317 e. The van der Waals surface area contributed by atoms with Gasteiger partial charge in [-0.25, -0.2) is 4.79 Å². The third-order valence-corrected chi connectivity index (χ3v) is 2.81. The van der Waals surface area contributed by atoms with Gasteiger partial charge in [-0.1, -0.05) is 26.8 Å². The normalized spacial score (nSPS) is 12.6. The summed E-state index contributed by atoms with van der Waals surface area (Å²) in [6.45, 7) is 10.9. The number of hydrogen-bond donors (Lipinski definition) is 2. The molecule has 21 heavy (non-hydrogen) atoms. The number of methoxy groups -OCH3 is 1. The number of carbonyl (C=O) groups is 2. The van der Waals surface area contributed by atoms with Gasteiger partial charge in [-0.15, -0.1) is 6.58 Å². The molecule has 0 radical (unpaired) electrons. The maximum atomic E-state index is 12.2. The standard InChI is InChI=1S/C15H28N2O4/c1-6-7-17(8-9-21-5)14(20)16-12(10-13(18)19)11-15(2,3)4/h6,12H,1,7-11H2,2-5H3,(H,16,20)(H,18,19). The first-order valence-electron chi connectivity index (χ1n) is 7.06. The molecule has 2 N–H and O–H groups in total. The minimum absolute atomic E-state index is 0.0663. The summed E-state index contributed by atoms with van der Waals surface area (Å²) in [6, 6.07) is -0.688. The number of ether oxygens (including phenoxy) is 1. The molecule has 6 heteroatoms. The van der Waals surface area contributed by atoms with Crippen molar-refractivity contribution in [2.45, 2.75) is 39.7 Å². The zero-order valence-electron chi connectivity index (χ0n) is 13.5. The van der Waals surface area contributed by atoms with Crippen molar-refractivity contribution in [1.29, 1.82) is 0 Å². The Morgan fingerprint density at radius 1 is 1.43 bits per heavy atom. The summed E-state index contributed by atoms with van der Waals surface area (Å²) >= 11 is 0. The van der Waals surface area contributed by atoms with Crippen LogP contribution in [-0.2, 0) is 9.53 Å². The van der Waals surface area contributed by atoms with Crippen molar-refractivity contribution in [3.63, 3.8) is 0 Å². The molecule has 0 spiro atoms. The molecule has 0 saturated carbocycles. The van der Waals surface area contributed by atoms with E-state index in [9.17, 15) is 9.59 Å². The third-order valence-electron chi connectivity index (χ3n) is 2.81. The first-order valence-corrected chi connectivity index (χ1v) is 7.06. The van der Waals surface area contributed by atoms with E-state index < -0.39 is 12.0 Å². The monoisotopic (exact) mass is 300 g/mol. The van der Waals surface area contributed by atoms with E-state index in [0.29, 0.717) is 26.1 Å². The molecule has 0 rings (SSSR count). The van der Waals surface area contributed by atoms with Crippen LogP contribution in [0.1, 0.15) is 33.6 Å². The fourth-order valence-corrected chi connectivity index (χ4v) is 2.02. The highest BCUT2D eigenvalue weighted by Gasteiger charge is 2.24. The van der Waals surface area contributed by atoms with Gasteiger partial charge in [0.15, 0.2) is 0 Å². The van der Waals surface area contributed by atoms with Crippen LogP contribution in [0.2, 0.25) is 0 Å². The number of rotatable bonds is 9. The van der Waals surface area contributed by atoms with E-state index in [1.165, 1.54) is 0 Å². The molecular weight excluding hydrogens is 272 g/mol. The summed E-state index contributed by atoms with van der Waals surface area (Å²) in [6.07, 6.45) is 2.14. The predicted molar refractivity (Wildman–Crippen MR) is 82.3 cm³/mol. The highest BCUT2D eigenvalue weighted by Crippen LogP contribution is 2.22. The van der Waals surface area contributed by atoms with Gasteiger partial charge in [-0.05, 0) is 11.8 Å². The molecule has 0 aromatic rings. The lowest BCUT2D eigenvalue weighted by Crippen LogP contribution is -2.47. The minimum atomic E-state index is -0.920. The maximum absolute atomic E-state index is 12.2. The van der Waals surface area contributed by atoms with Gasteiger partial charge in [0.2, 0.25) is 0 Å². The summed E-state index contributed by atoms with van der Waals surface area (Å²) in [5.41, 5.74) is -0.0663. The van der Waals surface area contributed by atoms with Gasteiger partial charge < -0.3 is 20.1 Å². The van der Waals surface area contributed by atoms with Gasteiger partial charge in [-0.2, -0.15) is 0 Å². The minimum Gasteiger partial charge on any atom is -0.481 e. The Bertz CT molecular complexity index is 350. The lowest BCUT2D eigenvalue weighted by atomic mass is 9.87. The van der Waals surface area contributed by atoms with Crippen LogP contribution in [-0.4, -0.2) is 54.9 Å². The number of amides is 2. The van der Waals surface area contributed by atoms with Crippen LogP contribution in [0.3, 0.4) is 0 Å². The van der Waals surface area contributed by atoms with Crippen molar-refractivity contribution in [1.82, 2.24) is 10.2 Å². The molecule has 0 aromatic carbocycles. The first-order chi connectivity index (χ1) is 9.69. The Morgan fingerprint density at radius 2 is 2.05 bits per heavy atom. The van der Waals surface area contributed by atoms with Crippen molar-refractivity contribution in [3.05, 3.63) is 12.7 Å². The van der Waals surface area contributed by atoms with Crippen molar-refractivity contribution in [2.24, 2.45) is 5.41 Å². The molecule has 2 amide bonds. The highest BCUT2D eigenvalue weighted by molar-refractivity contribution is 5.76. The Morgan fingerprint density at radius 3 is 2.48 bits per heavy atom. The summed E-state index contributed by atoms with van der Waals surface area (Å²) in [4.78, 5) is 24.7. The van der Waals surface area contributed by atoms with Crippen molar-refractivity contribution >= 4 is 12.0 Å². The van der Waals surface area contributed by atoms with Crippen molar-refractivity contribution in [2.75, 3.05) is 26.8 Å². The first kappa shape index (κ1) is 19.4. The second kappa shape index (κ2) is 9.39. The second-order valence-electron chi connectivity index (χ2n) is 6.24. The molecule has 0 heterocycles. The van der Waals surface area contributed by atoms with Crippen LogP contribution >= 0.6 is 0 Å². The van der Waals surface area contributed by atoms with Gasteiger partial charge in [0.05, 0.1) is 13.0 Å². The zero-order chi connectivity index (χ0) is 16.5. The van der Waals surface area contributed by atoms with Gasteiger partial charge in [0.1, 0.15) is 0 Å². The van der Waals surface area contributed by atoms with Gasteiger partial charge in [0, 0.05) is 26.2 Å². The highest BCUT2D eigenvalue weighted by atomic mass is 16.5. The van der Waals surface area contributed by atoms with Crippen LogP contribution in [0.15, 0.2) is 12.7 Å². The second-order valence-corrected chi connectivity index (χ2v) is 6.24. The molecular formula is C15H28N2O4. The topological polar surface area (TPSA) is 78.9 Å². The van der Waals surface area contributed by atoms with Gasteiger partial charge in [0.25, 0.3) is 0 Å². The molecule has 0 bridgehead atoms. The molecule has 1 atom stereocenters. The van der Waals surface area contributed by atoms with E-state index >= 15 is 0 Å². The third kappa shape index (κ3) is 9.90. The Balaban J connectivity index is 4.73. The average molecular weight is 300 g/mol. The van der Waals surface area contributed by atoms with E-state index in [4.69, 9.17) is 9.84 Å². The van der Waals surface area contributed by atoms with Crippen LogP contribution in [0.25, 0.3) is 0 Å². The maximum Gasteiger partial charge on any atom is 0.317 e. The molecule has 0 aliphatic rings. The Labute approximate surface area is 127 Å². The van der Waals surface area contributed by atoms with Gasteiger partial charge >= 0.3 is 12.0 Å². The fraction of sp³-hybridized carbons (Fsp3) is 0.733. The largest absolute Gasteiger partial charge is 0.481 e. The van der Waals surface area contributed by atoms with E-state index in [0.717, 1.165) is 0 Å². The number of carboxylic acid groups (broad SMARTS) is 1. The molecule has 0 fully saturated rings. The zero-order valence-corrected chi connectivity index (χ0v) is 13.5. The number of aliphatic carboxylic acids is 1. The van der Waals surface area contributed by atoms with E-state index in [1.807, 2.05) is 20.8 Å². The SMILES string of the molecule is C=CCN(CCOC)C(=O)NC(CC(=O)O)CC(C)(C)C. The number of hydrogen-bond acceptors (Lipinski definition) is 3. The lowest BCUT2D eigenvalue weighted by molar-refractivity contribution is -0.137. The fourth-order valence-electron chi connectivity index (χ4n) is 2.02. The average Bonchev–Trinajstić information content (AvgIpc) is 2.31. The molecule has 1 unspecified atom stereocenters. The number of carboxylic acids is 1. The van der Waals surface area contributed by atoms with Crippen LogP contribution in [0, 0.1) is 5.41 Å². The summed E-state index contributed by atoms with van der Waals surface area (Å²) in [5.74, 6) is -0.920. The van der Waals surface area contributed by atoms with E-state index in [1.54, 1.807) is 18.1 Å². The van der Waals surface area contributed by atoms with Crippen molar-refractivity contribution < 1.29 is 19.4 Å².